The average molecular weight is 256 g/mol. The molecule has 0 fully saturated rings. The predicted octanol–water partition coefficient (Wildman–Crippen LogP) is 2.28. The van der Waals surface area contributed by atoms with E-state index in [0.717, 1.165) is 5.56 Å². The van der Waals surface area contributed by atoms with Crippen LogP contribution in [0.3, 0.4) is 0 Å². The molecular formula is C13H20O3S. The standard InChI is InChI=1S/C13H20O3S/c1-10(2)11-4-6-12(7-5-11)13(14)8-9-17(3,15)16/h4-7,10,13-14H,8-9H2,1-3H3. The van der Waals surface area contributed by atoms with Gasteiger partial charge in [0.15, 0.2) is 0 Å². The fourth-order valence-corrected chi connectivity index (χ4v) is 2.25. The monoisotopic (exact) mass is 256 g/mol. The Bertz CT molecular complexity index is 446. The van der Waals surface area contributed by atoms with Crippen LogP contribution in [0.2, 0.25) is 0 Å². The van der Waals surface area contributed by atoms with Crippen molar-refractivity contribution in [3.63, 3.8) is 0 Å². The summed E-state index contributed by atoms with van der Waals surface area (Å²) >= 11 is 0. The van der Waals surface area contributed by atoms with Gasteiger partial charge in [0.1, 0.15) is 9.84 Å². The van der Waals surface area contributed by atoms with Crippen molar-refractivity contribution in [3.8, 4) is 0 Å². The van der Waals surface area contributed by atoms with E-state index in [-0.39, 0.29) is 12.2 Å². The Morgan fingerprint density at radius 3 is 2.00 bits per heavy atom. The lowest BCUT2D eigenvalue weighted by Crippen LogP contribution is -2.08. The van der Waals surface area contributed by atoms with Crippen molar-refractivity contribution in [2.24, 2.45) is 0 Å². The van der Waals surface area contributed by atoms with E-state index in [1.807, 2.05) is 24.3 Å². The number of hydrogen-bond acceptors (Lipinski definition) is 3. The van der Waals surface area contributed by atoms with Gasteiger partial charge in [-0.25, -0.2) is 8.42 Å². The second-order valence-electron chi connectivity index (χ2n) is 4.76. The number of hydrogen-bond donors (Lipinski definition) is 1. The maximum atomic E-state index is 11.0. The lowest BCUT2D eigenvalue weighted by molar-refractivity contribution is 0.174. The topological polar surface area (TPSA) is 54.4 Å². The molecule has 0 aliphatic carbocycles. The summed E-state index contributed by atoms with van der Waals surface area (Å²) in [6, 6.07) is 7.68. The molecule has 0 saturated heterocycles. The summed E-state index contributed by atoms with van der Waals surface area (Å²) in [6.45, 7) is 4.21. The maximum Gasteiger partial charge on any atom is 0.147 e. The van der Waals surface area contributed by atoms with Gasteiger partial charge in [-0.2, -0.15) is 0 Å². The third-order valence-electron chi connectivity index (χ3n) is 2.75. The summed E-state index contributed by atoms with van der Waals surface area (Å²) in [6.07, 6.45) is 0.729. The first-order valence-electron chi connectivity index (χ1n) is 5.75. The van der Waals surface area contributed by atoms with Crippen LogP contribution in [-0.4, -0.2) is 25.5 Å². The lowest BCUT2D eigenvalue weighted by Gasteiger charge is -2.12. The van der Waals surface area contributed by atoms with Crippen LogP contribution in [0.1, 0.15) is 43.4 Å². The molecule has 0 aliphatic rings. The van der Waals surface area contributed by atoms with Gasteiger partial charge >= 0.3 is 0 Å². The van der Waals surface area contributed by atoms with Crippen molar-refractivity contribution in [1.29, 1.82) is 0 Å². The van der Waals surface area contributed by atoms with Gasteiger partial charge in [0.2, 0.25) is 0 Å². The fourth-order valence-electron chi connectivity index (χ4n) is 1.60. The Morgan fingerprint density at radius 2 is 1.59 bits per heavy atom. The van der Waals surface area contributed by atoms with Crippen LogP contribution in [0, 0.1) is 0 Å². The zero-order chi connectivity index (χ0) is 13.1. The van der Waals surface area contributed by atoms with E-state index >= 15 is 0 Å². The van der Waals surface area contributed by atoms with Crippen molar-refractivity contribution in [1.82, 2.24) is 0 Å². The van der Waals surface area contributed by atoms with E-state index in [9.17, 15) is 13.5 Å². The molecule has 0 amide bonds. The maximum absolute atomic E-state index is 11.0. The van der Waals surface area contributed by atoms with Gasteiger partial charge in [0.25, 0.3) is 0 Å². The zero-order valence-electron chi connectivity index (χ0n) is 10.6. The third kappa shape index (κ3) is 4.88. The molecular weight excluding hydrogens is 236 g/mol. The molecule has 0 spiro atoms. The van der Waals surface area contributed by atoms with E-state index in [1.165, 1.54) is 11.8 Å². The van der Waals surface area contributed by atoms with E-state index in [4.69, 9.17) is 0 Å². The van der Waals surface area contributed by atoms with Gasteiger partial charge in [-0.1, -0.05) is 38.1 Å². The van der Waals surface area contributed by atoms with Gasteiger partial charge in [-0.15, -0.1) is 0 Å². The molecule has 0 aliphatic heterocycles. The predicted molar refractivity (Wildman–Crippen MR) is 69.8 cm³/mol. The van der Waals surface area contributed by atoms with Gasteiger partial charge < -0.3 is 5.11 Å². The molecule has 96 valence electrons. The number of sulfone groups is 1. The van der Waals surface area contributed by atoms with E-state index in [1.54, 1.807) is 0 Å². The Balaban J connectivity index is 2.67. The normalized spacial score (nSPS) is 13.9. The molecule has 1 atom stereocenters. The molecule has 0 aromatic heterocycles. The molecule has 0 bridgehead atoms. The molecule has 0 radical (unpaired) electrons. The average Bonchev–Trinajstić information content (AvgIpc) is 2.25. The van der Waals surface area contributed by atoms with Crippen LogP contribution >= 0.6 is 0 Å². The molecule has 1 rings (SSSR count). The van der Waals surface area contributed by atoms with Crippen LogP contribution in [0.5, 0.6) is 0 Å². The van der Waals surface area contributed by atoms with Crippen LogP contribution < -0.4 is 0 Å². The molecule has 0 heterocycles. The molecule has 1 unspecified atom stereocenters. The van der Waals surface area contributed by atoms with Crippen molar-refractivity contribution >= 4 is 9.84 Å². The molecule has 1 N–H and O–H groups in total. The van der Waals surface area contributed by atoms with Gasteiger partial charge in [-0.05, 0) is 23.5 Å². The Morgan fingerprint density at radius 1 is 1.12 bits per heavy atom. The van der Waals surface area contributed by atoms with Gasteiger partial charge in [0.05, 0.1) is 11.9 Å². The first-order valence-corrected chi connectivity index (χ1v) is 7.81. The number of aliphatic hydroxyl groups excluding tert-OH is 1. The second-order valence-corrected chi connectivity index (χ2v) is 7.02. The highest BCUT2D eigenvalue weighted by Crippen LogP contribution is 2.20. The van der Waals surface area contributed by atoms with E-state index < -0.39 is 15.9 Å². The highest BCUT2D eigenvalue weighted by atomic mass is 32.2. The summed E-state index contributed by atoms with van der Waals surface area (Å²) in [4.78, 5) is 0. The minimum atomic E-state index is -3.01. The highest BCUT2D eigenvalue weighted by Gasteiger charge is 2.11. The van der Waals surface area contributed by atoms with Crippen molar-refractivity contribution < 1.29 is 13.5 Å². The molecule has 0 saturated carbocycles. The van der Waals surface area contributed by atoms with Crippen LogP contribution in [-0.2, 0) is 9.84 Å². The van der Waals surface area contributed by atoms with Crippen molar-refractivity contribution in [2.45, 2.75) is 32.3 Å². The molecule has 1 aromatic rings. The number of rotatable bonds is 5. The van der Waals surface area contributed by atoms with Gasteiger partial charge in [-0.3, -0.25) is 0 Å². The van der Waals surface area contributed by atoms with Crippen molar-refractivity contribution in [3.05, 3.63) is 35.4 Å². The molecule has 17 heavy (non-hydrogen) atoms. The smallest absolute Gasteiger partial charge is 0.147 e. The van der Waals surface area contributed by atoms with Crippen molar-refractivity contribution in [2.75, 3.05) is 12.0 Å². The minimum Gasteiger partial charge on any atom is -0.388 e. The zero-order valence-corrected chi connectivity index (χ0v) is 11.4. The second kappa shape index (κ2) is 5.65. The summed E-state index contributed by atoms with van der Waals surface area (Å²) in [5.74, 6) is 0.470. The summed E-state index contributed by atoms with van der Waals surface area (Å²) in [5, 5.41) is 9.85. The highest BCUT2D eigenvalue weighted by molar-refractivity contribution is 7.90. The molecule has 1 aromatic carbocycles. The van der Waals surface area contributed by atoms with Crippen LogP contribution in [0.25, 0.3) is 0 Å². The third-order valence-corrected chi connectivity index (χ3v) is 3.73. The quantitative estimate of drug-likeness (QED) is 0.879. The summed E-state index contributed by atoms with van der Waals surface area (Å²) in [7, 11) is -3.01. The van der Waals surface area contributed by atoms with Crippen LogP contribution in [0.15, 0.2) is 24.3 Å². The Kier molecular flexibility index (Phi) is 4.71. The van der Waals surface area contributed by atoms with Gasteiger partial charge in [0, 0.05) is 6.26 Å². The number of aliphatic hydroxyl groups is 1. The summed E-state index contributed by atoms with van der Waals surface area (Å²) < 4.78 is 22.0. The first kappa shape index (κ1) is 14.2. The lowest BCUT2D eigenvalue weighted by atomic mass is 9.99. The Labute approximate surface area is 103 Å². The Hall–Kier alpha value is -0.870. The van der Waals surface area contributed by atoms with E-state index in [0.29, 0.717) is 5.92 Å². The molecule has 4 heteroatoms. The first-order chi connectivity index (χ1) is 7.79. The minimum absolute atomic E-state index is 0.0140. The van der Waals surface area contributed by atoms with Crippen LogP contribution in [0.4, 0.5) is 0 Å². The largest absolute Gasteiger partial charge is 0.388 e. The fraction of sp³-hybridized carbons (Fsp3) is 0.538. The number of benzene rings is 1. The SMILES string of the molecule is CC(C)c1ccc(C(O)CCS(C)(=O)=O)cc1. The summed E-state index contributed by atoms with van der Waals surface area (Å²) in [5.41, 5.74) is 1.99. The van der Waals surface area contributed by atoms with E-state index in [2.05, 4.69) is 13.8 Å². The molecule has 3 nitrogen and oxygen atoms in total.